The Hall–Kier alpha value is -2.82. The zero-order valence-electron chi connectivity index (χ0n) is 20.7. The van der Waals surface area contributed by atoms with Gasteiger partial charge in [0.2, 0.25) is 0 Å². The van der Waals surface area contributed by atoms with Crippen LogP contribution in [0, 0.1) is 5.92 Å². The molecule has 4 heteroatoms. The van der Waals surface area contributed by atoms with Gasteiger partial charge in [0.15, 0.2) is 0 Å². The van der Waals surface area contributed by atoms with Crippen LogP contribution in [0.4, 0.5) is 5.69 Å². The van der Waals surface area contributed by atoms with Crippen molar-refractivity contribution in [1.82, 2.24) is 10.2 Å². The van der Waals surface area contributed by atoms with Crippen molar-refractivity contribution >= 4 is 5.69 Å². The molecule has 3 fully saturated rings. The lowest BCUT2D eigenvalue weighted by Crippen LogP contribution is -2.64. The minimum absolute atomic E-state index is 0.345. The third-order valence-corrected chi connectivity index (χ3v) is 7.84. The molecule has 0 aromatic heterocycles. The third-order valence-electron chi connectivity index (χ3n) is 7.84. The number of methoxy groups -OCH3 is 1. The fraction of sp³-hybridized carbons (Fsp3) is 0.400. The number of ether oxygens (including phenoxy) is 1. The highest BCUT2D eigenvalue weighted by Gasteiger charge is 2.46. The molecule has 2 atom stereocenters. The predicted molar refractivity (Wildman–Crippen MR) is 141 cm³/mol. The molecule has 4 nitrogen and oxygen atoms in total. The van der Waals surface area contributed by atoms with E-state index in [-0.39, 0.29) is 0 Å². The summed E-state index contributed by atoms with van der Waals surface area (Å²) in [6, 6.07) is 29.5. The maximum atomic E-state index is 5.73. The van der Waals surface area contributed by atoms with Crippen molar-refractivity contribution < 1.29 is 4.74 Å². The lowest BCUT2D eigenvalue weighted by Gasteiger charge is -2.54. The number of rotatable bonds is 8. The highest BCUT2D eigenvalue weighted by Crippen LogP contribution is 2.42. The van der Waals surface area contributed by atoms with E-state index >= 15 is 0 Å². The van der Waals surface area contributed by atoms with E-state index in [9.17, 15) is 0 Å². The van der Waals surface area contributed by atoms with Crippen LogP contribution in [-0.2, 0) is 6.54 Å². The van der Waals surface area contributed by atoms with E-state index < -0.39 is 0 Å². The van der Waals surface area contributed by atoms with Gasteiger partial charge >= 0.3 is 0 Å². The van der Waals surface area contributed by atoms with Gasteiger partial charge in [0, 0.05) is 49.9 Å². The maximum absolute atomic E-state index is 5.73. The van der Waals surface area contributed by atoms with Crippen molar-refractivity contribution in [3.8, 4) is 5.75 Å². The summed E-state index contributed by atoms with van der Waals surface area (Å²) in [5.74, 6) is 2.00. The van der Waals surface area contributed by atoms with Gasteiger partial charge < -0.3 is 15.0 Å². The van der Waals surface area contributed by atoms with Gasteiger partial charge in [0.05, 0.1) is 7.11 Å². The summed E-state index contributed by atoms with van der Waals surface area (Å²) in [6.07, 6.45) is 2.55. The molecule has 0 spiro atoms. The zero-order valence-corrected chi connectivity index (χ0v) is 20.7. The zero-order chi connectivity index (χ0) is 23.5. The lowest BCUT2D eigenvalue weighted by atomic mass is 9.70. The number of anilines is 1. The molecule has 178 valence electrons. The van der Waals surface area contributed by atoms with Crippen LogP contribution in [0.5, 0.6) is 5.75 Å². The highest BCUT2D eigenvalue weighted by atomic mass is 16.5. The standard InChI is InChI=1S/C30H37N3O/c1-32(2)26-14-15-27(34-3)25(20-26)21-31-29-24-16-18-33(19-17-24)30(29)28(22-10-6-4-7-11-22)23-12-8-5-9-13-23/h4-15,20,24,28-31H,16-19,21H2,1-3H3/t29-,30-/m0/s1. The molecule has 0 unspecified atom stereocenters. The van der Waals surface area contributed by atoms with Gasteiger partial charge in [-0.15, -0.1) is 0 Å². The summed E-state index contributed by atoms with van der Waals surface area (Å²) >= 11 is 0. The fourth-order valence-corrected chi connectivity index (χ4v) is 6.10. The Bertz CT molecular complexity index is 1020. The van der Waals surface area contributed by atoms with E-state index in [4.69, 9.17) is 4.74 Å². The predicted octanol–water partition coefficient (Wildman–Crippen LogP) is 5.15. The van der Waals surface area contributed by atoms with Crippen molar-refractivity contribution in [2.24, 2.45) is 5.92 Å². The first-order valence-electron chi connectivity index (χ1n) is 12.6. The molecular formula is C30H37N3O. The number of benzene rings is 3. The normalized spacial score (nSPS) is 23.8. The van der Waals surface area contributed by atoms with Gasteiger partial charge in [-0.1, -0.05) is 60.7 Å². The number of nitrogens with zero attached hydrogens (tertiary/aromatic N) is 2. The van der Waals surface area contributed by atoms with Crippen LogP contribution < -0.4 is 15.0 Å². The number of fused-ring (bicyclic) bond motifs is 3. The molecule has 0 saturated carbocycles. The highest BCUT2D eigenvalue weighted by molar-refractivity contribution is 5.52. The lowest BCUT2D eigenvalue weighted by molar-refractivity contribution is 0.00462. The topological polar surface area (TPSA) is 27.7 Å². The van der Waals surface area contributed by atoms with Crippen LogP contribution in [0.25, 0.3) is 0 Å². The molecule has 3 aromatic rings. The van der Waals surface area contributed by atoms with E-state index in [2.05, 4.69) is 108 Å². The first-order valence-corrected chi connectivity index (χ1v) is 12.6. The van der Waals surface area contributed by atoms with Crippen molar-refractivity contribution in [3.05, 3.63) is 95.6 Å². The molecule has 3 saturated heterocycles. The second-order valence-corrected chi connectivity index (χ2v) is 9.96. The monoisotopic (exact) mass is 455 g/mol. The molecule has 3 aliphatic rings. The van der Waals surface area contributed by atoms with Crippen molar-refractivity contribution in [3.63, 3.8) is 0 Å². The van der Waals surface area contributed by atoms with Gasteiger partial charge in [-0.3, -0.25) is 4.90 Å². The summed E-state index contributed by atoms with van der Waals surface area (Å²) in [4.78, 5) is 4.90. The summed E-state index contributed by atoms with van der Waals surface area (Å²) < 4.78 is 5.73. The number of hydrogen-bond donors (Lipinski definition) is 1. The van der Waals surface area contributed by atoms with Gasteiger partial charge in [-0.25, -0.2) is 0 Å². The quantitative estimate of drug-likeness (QED) is 0.509. The summed E-state index contributed by atoms with van der Waals surface area (Å²) in [5, 5.41) is 4.04. The van der Waals surface area contributed by atoms with Gasteiger partial charge in [-0.05, 0) is 61.2 Å². The average molecular weight is 456 g/mol. The van der Waals surface area contributed by atoms with Crippen molar-refractivity contribution in [2.75, 3.05) is 39.2 Å². The van der Waals surface area contributed by atoms with E-state index in [1.807, 2.05) is 0 Å². The summed E-state index contributed by atoms with van der Waals surface area (Å²) in [6.45, 7) is 3.21. The van der Waals surface area contributed by atoms with Gasteiger partial charge in [0.1, 0.15) is 5.75 Å². The van der Waals surface area contributed by atoms with E-state index in [0.29, 0.717) is 23.9 Å². The van der Waals surface area contributed by atoms with Gasteiger partial charge in [0.25, 0.3) is 0 Å². The maximum Gasteiger partial charge on any atom is 0.123 e. The number of piperidine rings is 3. The van der Waals surface area contributed by atoms with E-state index in [1.54, 1.807) is 7.11 Å². The van der Waals surface area contributed by atoms with Crippen LogP contribution >= 0.6 is 0 Å². The molecule has 2 bridgehead atoms. The SMILES string of the molecule is COc1ccc(N(C)C)cc1CN[C@H]1C2CCN(CC2)[C@H]1C(c1ccccc1)c1ccccc1. The Kier molecular flexibility index (Phi) is 6.89. The Morgan fingerprint density at radius 2 is 1.53 bits per heavy atom. The van der Waals surface area contributed by atoms with Crippen molar-refractivity contribution in [2.45, 2.75) is 37.4 Å². The molecule has 1 N–H and O–H groups in total. The molecule has 3 aromatic carbocycles. The van der Waals surface area contributed by atoms with Crippen LogP contribution in [0.3, 0.4) is 0 Å². The third kappa shape index (κ3) is 4.57. The average Bonchev–Trinajstić information content (AvgIpc) is 2.89. The molecule has 6 rings (SSSR count). The molecule has 3 heterocycles. The first kappa shape index (κ1) is 22.9. The molecular weight excluding hydrogens is 418 g/mol. The molecule has 3 aliphatic heterocycles. The van der Waals surface area contributed by atoms with Crippen molar-refractivity contribution in [1.29, 1.82) is 0 Å². The van der Waals surface area contributed by atoms with Gasteiger partial charge in [-0.2, -0.15) is 0 Å². The van der Waals surface area contributed by atoms with E-state index in [1.165, 1.54) is 48.3 Å². The molecule has 34 heavy (non-hydrogen) atoms. The second kappa shape index (κ2) is 10.2. The summed E-state index contributed by atoms with van der Waals surface area (Å²) in [5.41, 5.74) is 5.24. The Morgan fingerprint density at radius 3 is 2.09 bits per heavy atom. The number of nitrogens with one attached hydrogen (secondary N) is 1. The first-order chi connectivity index (χ1) is 16.7. The van der Waals surface area contributed by atoms with Crippen LogP contribution in [0.1, 0.15) is 35.4 Å². The molecule has 0 radical (unpaired) electrons. The molecule has 0 aliphatic carbocycles. The van der Waals surface area contributed by atoms with Crippen LogP contribution in [-0.4, -0.2) is 51.3 Å². The van der Waals surface area contributed by atoms with E-state index in [0.717, 1.165) is 12.3 Å². The number of hydrogen-bond acceptors (Lipinski definition) is 4. The van der Waals surface area contributed by atoms with Crippen LogP contribution in [0.2, 0.25) is 0 Å². The minimum atomic E-state index is 0.345. The smallest absolute Gasteiger partial charge is 0.123 e. The molecule has 0 amide bonds. The summed E-state index contributed by atoms with van der Waals surface area (Å²) in [7, 11) is 5.95. The Balaban J connectivity index is 1.48. The van der Waals surface area contributed by atoms with Crippen LogP contribution in [0.15, 0.2) is 78.9 Å². The minimum Gasteiger partial charge on any atom is -0.496 e. The largest absolute Gasteiger partial charge is 0.496 e. The Morgan fingerprint density at radius 1 is 0.912 bits per heavy atom. The fourth-order valence-electron chi connectivity index (χ4n) is 6.10. The Labute approximate surface area is 204 Å². The second-order valence-electron chi connectivity index (χ2n) is 9.96.